The van der Waals surface area contributed by atoms with Crippen LogP contribution in [0.1, 0.15) is 11.1 Å². The van der Waals surface area contributed by atoms with Crippen LogP contribution in [0.2, 0.25) is 0 Å². The number of benzene rings is 2. The molecule has 4 nitrogen and oxygen atoms in total. The molecule has 3 aromatic rings. The van der Waals surface area contributed by atoms with Gasteiger partial charge in [-0.05, 0) is 16.7 Å². The number of alkyl halides is 2. The van der Waals surface area contributed by atoms with Crippen LogP contribution in [0, 0.1) is 0 Å². The fraction of sp³-hybridized carbons (Fsp3) is 0.125. The number of aliphatic hydroxyl groups excluding tert-OH is 1. The second-order valence-electron chi connectivity index (χ2n) is 4.78. The smallest absolute Gasteiger partial charge is 0.372 e. The molecule has 3 rings (SSSR count). The minimum absolute atomic E-state index is 0.0863. The minimum Gasteiger partial charge on any atom is -0.392 e. The molecule has 1 aromatic heterocycles. The SMILES string of the molecule is OCc1ccc(-c2ccccc2C(F)(F)n2cncn2)cc1. The van der Waals surface area contributed by atoms with Crippen molar-refractivity contribution in [3.8, 4) is 11.1 Å². The molecule has 112 valence electrons. The predicted octanol–water partition coefficient (Wildman–Crippen LogP) is 3.04. The van der Waals surface area contributed by atoms with Crippen molar-refractivity contribution in [2.24, 2.45) is 0 Å². The molecule has 6 heteroatoms. The van der Waals surface area contributed by atoms with E-state index in [9.17, 15) is 8.78 Å². The molecule has 0 aliphatic heterocycles. The van der Waals surface area contributed by atoms with Crippen molar-refractivity contribution >= 4 is 0 Å². The van der Waals surface area contributed by atoms with E-state index in [1.54, 1.807) is 42.5 Å². The van der Waals surface area contributed by atoms with Crippen molar-refractivity contribution in [2.75, 3.05) is 0 Å². The van der Waals surface area contributed by atoms with Crippen LogP contribution in [0.4, 0.5) is 8.78 Å². The molecule has 0 atom stereocenters. The largest absolute Gasteiger partial charge is 0.392 e. The van der Waals surface area contributed by atoms with Gasteiger partial charge < -0.3 is 5.11 Å². The number of rotatable bonds is 4. The van der Waals surface area contributed by atoms with Gasteiger partial charge in [-0.15, -0.1) is 0 Å². The Kier molecular flexibility index (Phi) is 3.68. The average Bonchev–Trinajstić information content (AvgIpc) is 3.10. The third-order valence-corrected chi connectivity index (χ3v) is 3.41. The maximum Gasteiger partial charge on any atom is 0.372 e. The summed E-state index contributed by atoms with van der Waals surface area (Å²) in [7, 11) is 0. The van der Waals surface area contributed by atoms with E-state index >= 15 is 0 Å². The molecule has 0 saturated heterocycles. The van der Waals surface area contributed by atoms with Gasteiger partial charge in [-0.1, -0.05) is 48.5 Å². The highest BCUT2D eigenvalue weighted by atomic mass is 19.3. The summed E-state index contributed by atoms with van der Waals surface area (Å²) in [5, 5.41) is 12.6. The van der Waals surface area contributed by atoms with Gasteiger partial charge in [0, 0.05) is 0 Å². The molecule has 0 fully saturated rings. The first-order valence-corrected chi connectivity index (χ1v) is 6.65. The lowest BCUT2D eigenvalue weighted by Gasteiger charge is -2.20. The topological polar surface area (TPSA) is 50.9 Å². The Morgan fingerprint density at radius 1 is 1.05 bits per heavy atom. The highest BCUT2D eigenvalue weighted by Gasteiger charge is 2.37. The van der Waals surface area contributed by atoms with Crippen LogP contribution in [0.15, 0.2) is 61.2 Å². The standard InChI is InChI=1S/C16H13F2N3O/c17-16(18,21-11-19-10-20-21)15-4-2-1-3-14(15)13-7-5-12(9-22)6-8-13/h1-8,10-11,22H,9H2. The van der Waals surface area contributed by atoms with Crippen molar-refractivity contribution in [2.45, 2.75) is 12.7 Å². The lowest BCUT2D eigenvalue weighted by Crippen LogP contribution is -2.25. The molecule has 0 aliphatic rings. The average molecular weight is 301 g/mol. The Labute approximate surface area is 125 Å². The van der Waals surface area contributed by atoms with Crippen LogP contribution in [0.25, 0.3) is 11.1 Å². The van der Waals surface area contributed by atoms with Gasteiger partial charge in [-0.25, -0.2) is 4.98 Å². The van der Waals surface area contributed by atoms with Gasteiger partial charge in [0.1, 0.15) is 12.7 Å². The first-order chi connectivity index (χ1) is 10.6. The van der Waals surface area contributed by atoms with E-state index in [4.69, 9.17) is 5.11 Å². The fourth-order valence-corrected chi connectivity index (χ4v) is 2.26. The summed E-state index contributed by atoms with van der Waals surface area (Å²) < 4.78 is 29.8. The molecule has 0 radical (unpaired) electrons. The third-order valence-electron chi connectivity index (χ3n) is 3.41. The maximum absolute atomic E-state index is 14.6. The molecule has 1 N–H and O–H groups in total. The third kappa shape index (κ3) is 2.48. The molecule has 22 heavy (non-hydrogen) atoms. The predicted molar refractivity (Wildman–Crippen MR) is 77.1 cm³/mol. The number of aromatic nitrogens is 3. The van der Waals surface area contributed by atoms with E-state index in [2.05, 4.69) is 10.1 Å². The maximum atomic E-state index is 14.6. The van der Waals surface area contributed by atoms with Gasteiger partial charge >= 0.3 is 6.05 Å². The van der Waals surface area contributed by atoms with Gasteiger partial charge in [0.15, 0.2) is 0 Å². The molecular weight excluding hydrogens is 288 g/mol. The van der Waals surface area contributed by atoms with E-state index in [0.29, 0.717) is 15.8 Å². The first kappa shape index (κ1) is 14.3. The minimum atomic E-state index is -3.30. The highest BCUT2D eigenvalue weighted by molar-refractivity contribution is 5.68. The van der Waals surface area contributed by atoms with Gasteiger partial charge in [0.05, 0.1) is 12.2 Å². The second kappa shape index (κ2) is 5.65. The summed E-state index contributed by atoms with van der Waals surface area (Å²) in [6.07, 6.45) is 2.07. The molecule has 1 heterocycles. The van der Waals surface area contributed by atoms with Crippen molar-refractivity contribution in [3.05, 3.63) is 72.3 Å². The number of nitrogens with zero attached hydrogens (tertiary/aromatic N) is 3. The summed E-state index contributed by atoms with van der Waals surface area (Å²) >= 11 is 0. The van der Waals surface area contributed by atoms with Gasteiger partial charge in [0.25, 0.3) is 0 Å². The summed E-state index contributed by atoms with van der Waals surface area (Å²) in [5.74, 6) is 0. The Hall–Kier alpha value is -2.60. The van der Waals surface area contributed by atoms with Crippen molar-refractivity contribution in [3.63, 3.8) is 0 Å². The van der Waals surface area contributed by atoms with E-state index in [1.807, 2.05) is 0 Å². The molecule has 0 saturated carbocycles. The summed E-state index contributed by atoms with van der Waals surface area (Å²) in [6, 6.07) is 9.80. The van der Waals surface area contributed by atoms with Crippen LogP contribution in [-0.4, -0.2) is 19.9 Å². The van der Waals surface area contributed by atoms with E-state index in [0.717, 1.165) is 18.2 Å². The van der Waals surface area contributed by atoms with Crippen molar-refractivity contribution in [1.29, 1.82) is 0 Å². The Balaban J connectivity index is 2.10. The molecule has 2 aromatic carbocycles. The monoisotopic (exact) mass is 301 g/mol. The van der Waals surface area contributed by atoms with Crippen molar-refractivity contribution < 1.29 is 13.9 Å². The van der Waals surface area contributed by atoms with E-state index in [-0.39, 0.29) is 12.2 Å². The second-order valence-corrected chi connectivity index (χ2v) is 4.78. The molecule has 0 amide bonds. The first-order valence-electron chi connectivity index (χ1n) is 6.65. The van der Waals surface area contributed by atoms with Crippen LogP contribution in [0.3, 0.4) is 0 Å². The molecule has 0 spiro atoms. The lowest BCUT2D eigenvalue weighted by atomic mass is 9.97. The molecule has 0 bridgehead atoms. The summed E-state index contributed by atoms with van der Waals surface area (Å²) in [4.78, 5) is 3.58. The summed E-state index contributed by atoms with van der Waals surface area (Å²) in [5.41, 5.74) is 1.63. The van der Waals surface area contributed by atoms with Gasteiger partial charge in [-0.3, -0.25) is 0 Å². The number of aliphatic hydroxyl groups is 1. The normalized spacial score (nSPS) is 11.6. The quantitative estimate of drug-likeness (QED) is 0.806. The van der Waals surface area contributed by atoms with Crippen molar-refractivity contribution in [1.82, 2.24) is 14.8 Å². The highest BCUT2D eigenvalue weighted by Crippen LogP contribution is 2.36. The van der Waals surface area contributed by atoms with Crippen LogP contribution in [0.5, 0.6) is 0 Å². The zero-order chi connectivity index (χ0) is 15.6. The Morgan fingerprint density at radius 2 is 1.77 bits per heavy atom. The lowest BCUT2D eigenvalue weighted by molar-refractivity contribution is -0.0479. The number of halogens is 2. The zero-order valence-corrected chi connectivity index (χ0v) is 11.5. The Morgan fingerprint density at radius 3 is 2.41 bits per heavy atom. The number of hydrogen-bond acceptors (Lipinski definition) is 3. The van der Waals surface area contributed by atoms with E-state index in [1.165, 1.54) is 6.07 Å². The number of hydrogen-bond donors (Lipinski definition) is 1. The molecular formula is C16H13F2N3O. The van der Waals surface area contributed by atoms with Crippen LogP contribution < -0.4 is 0 Å². The molecule has 0 unspecified atom stereocenters. The van der Waals surface area contributed by atoms with Crippen LogP contribution in [-0.2, 0) is 12.7 Å². The summed E-state index contributed by atoms with van der Waals surface area (Å²) in [6.45, 7) is -0.0863. The van der Waals surface area contributed by atoms with Gasteiger partial charge in [-0.2, -0.15) is 18.6 Å². The van der Waals surface area contributed by atoms with E-state index < -0.39 is 6.05 Å². The Bertz CT molecular complexity index is 755. The van der Waals surface area contributed by atoms with Crippen LogP contribution >= 0.6 is 0 Å². The molecule has 0 aliphatic carbocycles. The zero-order valence-electron chi connectivity index (χ0n) is 11.5. The van der Waals surface area contributed by atoms with Gasteiger partial charge in [0.2, 0.25) is 0 Å². The fourth-order valence-electron chi connectivity index (χ4n) is 2.26.